The van der Waals surface area contributed by atoms with Gasteiger partial charge in [-0.15, -0.1) is 0 Å². The molecule has 0 unspecified atom stereocenters. The van der Waals surface area contributed by atoms with Gasteiger partial charge in [-0.2, -0.15) is 0 Å². The molecular weight excluding hydrogens is 294 g/mol. The maximum atomic E-state index is 11.5. The fourth-order valence-electron chi connectivity index (χ4n) is 1.39. The summed E-state index contributed by atoms with van der Waals surface area (Å²) in [5.41, 5.74) is 6.20. The van der Waals surface area contributed by atoms with E-state index in [-0.39, 0.29) is 12.4 Å². The molecule has 1 aromatic heterocycles. The summed E-state index contributed by atoms with van der Waals surface area (Å²) in [5.74, 6) is -0.253. The van der Waals surface area contributed by atoms with E-state index in [0.717, 1.165) is 0 Å². The van der Waals surface area contributed by atoms with Crippen molar-refractivity contribution >= 4 is 23.4 Å². The van der Waals surface area contributed by atoms with Gasteiger partial charge in [0, 0.05) is 18.0 Å². The predicted molar refractivity (Wildman–Crippen MR) is 78.0 cm³/mol. The summed E-state index contributed by atoms with van der Waals surface area (Å²) in [5, 5.41) is 3.93. The number of nitrogens with two attached hydrogens (primary N) is 1. The highest BCUT2D eigenvalue weighted by Crippen LogP contribution is 2.22. The molecule has 0 spiro atoms. The number of amidine groups is 1. The van der Waals surface area contributed by atoms with E-state index in [1.165, 1.54) is 6.20 Å². The highest BCUT2D eigenvalue weighted by Gasteiger charge is 2.07. The van der Waals surface area contributed by atoms with Gasteiger partial charge >= 0.3 is 5.97 Å². The summed E-state index contributed by atoms with van der Waals surface area (Å²) < 4.78 is 5.21. The van der Waals surface area contributed by atoms with E-state index in [4.69, 9.17) is 22.1 Å². The van der Waals surface area contributed by atoms with Crippen LogP contribution >= 0.6 is 11.6 Å². The first-order valence-electron chi connectivity index (χ1n) is 5.98. The van der Waals surface area contributed by atoms with E-state index < -0.39 is 5.97 Å². The average Bonchev–Trinajstić information content (AvgIpc) is 2.52. The van der Waals surface area contributed by atoms with Crippen molar-refractivity contribution in [2.45, 2.75) is 0 Å². The van der Waals surface area contributed by atoms with Crippen molar-refractivity contribution in [1.29, 1.82) is 0 Å². The number of hydrogen-bond donors (Lipinski definition) is 1. The number of para-hydroxylation sites is 1. The van der Waals surface area contributed by atoms with Crippen LogP contribution in [0.3, 0.4) is 0 Å². The van der Waals surface area contributed by atoms with E-state index >= 15 is 0 Å². The minimum atomic E-state index is -0.693. The Labute approximate surface area is 126 Å². The summed E-state index contributed by atoms with van der Waals surface area (Å²) in [4.78, 5) is 20.0. The molecule has 0 radical (unpaired) electrons. The van der Waals surface area contributed by atoms with Gasteiger partial charge in [-0.05, 0) is 24.3 Å². The molecule has 0 aliphatic heterocycles. The van der Waals surface area contributed by atoms with Gasteiger partial charge in [-0.3, -0.25) is 4.98 Å². The Morgan fingerprint density at radius 1 is 1.29 bits per heavy atom. The lowest BCUT2D eigenvalue weighted by Crippen LogP contribution is -2.18. The molecule has 0 saturated heterocycles. The lowest BCUT2D eigenvalue weighted by molar-refractivity contribution is -0.146. The molecule has 0 aliphatic carbocycles. The molecule has 1 aromatic carbocycles. The number of hydrogen-bond acceptors (Lipinski definition) is 5. The van der Waals surface area contributed by atoms with E-state index in [0.29, 0.717) is 16.3 Å². The van der Waals surface area contributed by atoms with Gasteiger partial charge < -0.3 is 15.3 Å². The Kier molecular flexibility index (Phi) is 5.11. The number of nitrogens with zero attached hydrogens (tertiary/aromatic N) is 2. The number of carbonyl (C=O) groups is 1. The van der Waals surface area contributed by atoms with Crippen molar-refractivity contribution in [2.75, 3.05) is 6.61 Å². The number of aromatic nitrogens is 1. The average molecular weight is 306 g/mol. The zero-order valence-corrected chi connectivity index (χ0v) is 11.7. The third-order valence-electron chi connectivity index (χ3n) is 2.39. The van der Waals surface area contributed by atoms with E-state index in [9.17, 15) is 4.79 Å². The van der Waals surface area contributed by atoms with Crippen LogP contribution in [0.25, 0.3) is 0 Å². The van der Waals surface area contributed by atoms with Gasteiger partial charge in [0.05, 0.1) is 5.02 Å². The van der Waals surface area contributed by atoms with Crippen molar-refractivity contribution in [2.24, 2.45) is 10.9 Å². The van der Waals surface area contributed by atoms with Crippen molar-refractivity contribution in [1.82, 2.24) is 4.98 Å². The first-order chi connectivity index (χ1) is 10.2. The molecule has 2 N–H and O–H groups in total. The second kappa shape index (κ2) is 7.25. The Morgan fingerprint density at radius 3 is 2.81 bits per heavy atom. The summed E-state index contributed by atoms with van der Waals surface area (Å²) >= 11 is 5.88. The molecule has 108 valence electrons. The van der Waals surface area contributed by atoms with Gasteiger partial charge in [0.15, 0.2) is 12.4 Å². The second-order valence-electron chi connectivity index (χ2n) is 3.90. The Morgan fingerprint density at radius 2 is 2.10 bits per heavy atom. The number of ether oxygens (including phenoxy) is 1. The quantitative estimate of drug-likeness (QED) is 0.395. The van der Waals surface area contributed by atoms with Gasteiger partial charge in [0.1, 0.15) is 5.75 Å². The first-order valence-corrected chi connectivity index (χ1v) is 6.35. The summed E-state index contributed by atoms with van der Waals surface area (Å²) in [6, 6.07) is 10.2. The molecule has 2 rings (SSSR count). The highest BCUT2D eigenvalue weighted by molar-refractivity contribution is 6.32. The molecule has 0 atom stereocenters. The number of halogens is 1. The third kappa shape index (κ3) is 4.47. The van der Waals surface area contributed by atoms with Crippen molar-refractivity contribution in [3.63, 3.8) is 0 Å². The SMILES string of the molecule is N/C(=N\OC(=O)COc1ccccc1Cl)c1cccnc1. The van der Waals surface area contributed by atoms with Crippen molar-refractivity contribution in [3.8, 4) is 5.75 Å². The van der Waals surface area contributed by atoms with Gasteiger partial charge in [0.2, 0.25) is 0 Å². The maximum absolute atomic E-state index is 11.5. The predicted octanol–water partition coefficient (Wildman–Crippen LogP) is 1.98. The van der Waals surface area contributed by atoms with Crippen LogP contribution in [0.2, 0.25) is 5.02 Å². The van der Waals surface area contributed by atoms with Crippen LogP contribution in [-0.4, -0.2) is 23.4 Å². The zero-order chi connectivity index (χ0) is 15.1. The molecule has 7 heteroatoms. The Bertz CT molecular complexity index is 647. The third-order valence-corrected chi connectivity index (χ3v) is 2.70. The highest BCUT2D eigenvalue weighted by atomic mass is 35.5. The number of oxime groups is 1. The molecular formula is C14H12ClN3O3. The lowest BCUT2D eigenvalue weighted by Gasteiger charge is -2.05. The summed E-state index contributed by atoms with van der Waals surface area (Å²) in [6.07, 6.45) is 3.10. The number of rotatable bonds is 5. The smallest absolute Gasteiger partial charge is 0.372 e. The molecule has 6 nitrogen and oxygen atoms in total. The Hall–Kier alpha value is -2.60. The van der Waals surface area contributed by atoms with E-state index in [1.54, 1.807) is 42.6 Å². The van der Waals surface area contributed by atoms with Crippen LogP contribution in [0, 0.1) is 0 Å². The summed E-state index contributed by atoms with van der Waals surface area (Å²) in [6.45, 7) is -0.326. The largest absolute Gasteiger partial charge is 0.480 e. The van der Waals surface area contributed by atoms with Crippen LogP contribution < -0.4 is 10.5 Å². The second-order valence-corrected chi connectivity index (χ2v) is 4.31. The number of benzene rings is 1. The van der Waals surface area contributed by atoms with Crippen LogP contribution in [-0.2, 0) is 9.63 Å². The van der Waals surface area contributed by atoms with E-state index in [2.05, 4.69) is 15.0 Å². The summed E-state index contributed by atoms with van der Waals surface area (Å²) in [7, 11) is 0. The lowest BCUT2D eigenvalue weighted by atomic mass is 10.3. The van der Waals surface area contributed by atoms with Crippen LogP contribution in [0.4, 0.5) is 0 Å². The number of pyridine rings is 1. The minimum Gasteiger partial charge on any atom is -0.480 e. The Balaban J connectivity index is 1.87. The van der Waals surface area contributed by atoms with Gasteiger partial charge in [-0.25, -0.2) is 4.79 Å². The zero-order valence-electron chi connectivity index (χ0n) is 10.9. The van der Waals surface area contributed by atoms with Crippen molar-refractivity contribution in [3.05, 3.63) is 59.4 Å². The first kappa shape index (κ1) is 14.8. The molecule has 0 saturated carbocycles. The van der Waals surface area contributed by atoms with Crippen LogP contribution in [0.1, 0.15) is 5.56 Å². The fourth-order valence-corrected chi connectivity index (χ4v) is 1.58. The maximum Gasteiger partial charge on any atom is 0.372 e. The monoisotopic (exact) mass is 305 g/mol. The normalized spacial score (nSPS) is 11.0. The molecule has 0 bridgehead atoms. The van der Waals surface area contributed by atoms with E-state index in [1.807, 2.05) is 0 Å². The van der Waals surface area contributed by atoms with Crippen LogP contribution in [0.15, 0.2) is 53.9 Å². The van der Waals surface area contributed by atoms with Crippen molar-refractivity contribution < 1.29 is 14.4 Å². The fraction of sp³-hybridized carbons (Fsp3) is 0.0714. The van der Waals surface area contributed by atoms with Gasteiger partial charge in [0.25, 0.3) is 0 Å². The molecule has 0 fully saturated rings. The van der Waals surface area contributed by atoms with Crippen LogP contribution in [0.5, 0.6) is 5.75 Å². The molecule has 21 heavy (non-hydrogen) atoms. The molecule has 0 aliphatic rings. The molecule has 1 heterocycles. The minimum absolute atomic E-state index is 0.0502. The molecule has 2 aromatic rings. The topological polar surface area (TPSA) is 86.8 Å². The molecule has 0 amide bonds. The number of carbonyl (C=O) groups excluding carboxylic acids is 1. The van der Waals surface area contributed by atoms with Gasteiger partial charge in [-0.1, -0.05) is 28.9 Å². The standard InChI is InChI=1S/C14H12ClN3O3/c15-11-5-1-2-6-12(11)20-9-13(19)21-18-14(16)10-4-3-7-17-8-10/h1-8H,9H2,(H2,16,18).